The van der Waals surface area contributed by atoms with Crippen LogP contribution in [0.25, 0.3) is 0 Å². The fraction of sp³-hybridized carbons (Fsp3) is 0.333. The van der Waals surface area contributed by atoms with Crippen molar-refractivity contribution in [3.05, 3.63) is 34.3 Å². The van der Waals surface area contributed by atoms with Gasteiger partial charge in [-0.05, 0) is 30.0 Å². The molecule has 0 nitrogen and oxygen atoms in total. The molecule has 1 aliphatic carbocycles. The predicted octanol–water partition coefficient (Wildman–Crippen LogP) is 3.72. The summed E-state index contributed by atoms with van der Waals surface area (Å²) in [5.74, 6) is 0. The summed E-state index contributed by atoms with van der Waals surface area (Å²) < 4.78 is 0. The van der Waals surface area contributed by atoms with E-state index in [-0.39, 0.29) is 0 Å². The van der Waals surface area contributed by atoms with Gasteiger partial charge in [0, 0.05) is 9.85 Å². The number of alkyl halides is 1. The molecular weight excluding hydrogens is 223 g/mol. The standard InChI is InChI=1S/C9H8BrCl/c10-8-5-4-7-6(8)2-1-3-9(7)11/h1-3,8H,4-5H2. The van der Waals surface area contributed by atoms with Crippen LogP contribution >= 0.6 is 27.5 Å². The van der Waals surface area contributed by atoms with Gasteiger partial charge in [0.25, 0.3) is 0 Å². The van der Waals surface area contributed by atoms with Crippen LogP contribution in [0.3, 0.4) is 0 Å². The molecule has 0 N–H and O–H groups in total. The highest BCUT2D eigenvalue weighted by molar-refractivity contribution is 9.09. The molecule has 0 heterocycles. The van der Waals surface area contributed by atoms with Crippen LogP contribution in [0, 0.1) is 0 Å². The average Bonchev–Trinajstić information content (AvgIpc) is 2.35. The molecule has 0 spiro atoms. The van der Waals surface area contributed by atoms with E-state index >= 15 is 0 Å². The van der Waals surface area contributed by atoms with Crippen LogP contribution in [-0.2, 0) is 6.42 Å². The molecule has 2 rings (SSSR count). The second-order valence-electron chi connectivity index (χ2n) is 2.81. The third kappa shape index (κ3) is 1.21. The third-order valence-corrected chi connectivity index (χ3v) is 3.45. The molecule has 0 bridgehead atoms. The number of rotatable bonds is 0. The lowest BCUT2D eigenvalue weighted by molar-refractivity contribution is 0.903. The molecule has 1 atom stereocenters. The molecule has 0 aliphatic heterocycles. The van der Waals surface area contributed by atoms with Crippen molar-refractivity contribution in [2.45, 2.75) is 17.7 Å². The maximum atomic E-state index is 6.01. The summed E-state index contributed by atoms with van der Waals surface area (Å²) in [5, 5.41) is 0.921. The summed E-state index contributed by atoms with van der Waals surface area (Å²) in [7, 11) is 0. The van der Waals surface area contributed by atoms with Crippen molar-refractivity contribution in [2.75, 3.05) is 0 Å². The minimum Gasteiger partial charge on any atom is -0.0840 e. The number of fused-ring (bicyclic) bond motifs is 1. The van der Waals surface area contributed by atoms with E-state index in [1.54, 1.807) is 0 Å². The van der Waals surface area contributed by atoms with Crippen molar-refractivity contribution in [1.29, 1.82) is 0 Å². The van der Waals surface area contributed by atoms with Gasteiger partial charge in [-0.1, -0.05) is 39.7 Å². The molecule has 0 saturated heterocycles. The summed E-state index contributed by atoms with van der Waals surface area (Å²) >= 11 is 9.63. The van der Waals surface area contributed by atoms with Gasteiger partial charge < -0.3 is 0 Å². The Morgan fingerprint density at radius 2 is 2.27 bits per heavy atom. The van der Waals surface area contributed by atoms with E-state index < -0.39 is 0 Å². The highest BCUT2D eigenvalue weighted by atomic mass is 79.9. The summed E-state index contributed by atoms with van der Waals surface area (Å²) in [5.41, 5.74) is 2.70. The molecule has 58 valence electrons. The quantitative estimate of drug-likeness (QED) is 0.597. The number of halogens is 2. The monoisotopic (exact) mass is 230 g/mol. The van der Waals surface area contributed by atoms with Gasteiger partial charge in [-0.3, -0.25) is 0 Å². The number of benzene rings is 1. The largest absolute Gasteiger partial charge is 0.0840 e. The molecule has 1 aliphatic rings. The van der Waals surface area contributed by atoms with Gasteiger partial charge in [0.2, 0.25) is 0 Å². The maximum absolute atomic E-state index is 6.01. The smallest absolute Gasteiger partial charge is 0.0441 e. The SMILES string of the molecule is Clc1cccc2c1CCC2Br. The summed E-state index contributed by atoms with van der Waals surface area (Å²) in [6.07, 6.45) is 2.30. The molecular formula is C9H8BrCl. The molecule has 1 aromatic carbocycles. The Morgan fingerprint density at radius 1 is 1.45 bits per heavy atom. The average molecular weight is 232 g/mol. The van der Waals surface area contributed by atoms with Gasteiger partial charge in [0.05, 0.1) is 0 Å². The van der Waals surface area contributed by atoms with E-state index in [0.717, 1.165) is 11.4 Å². The lowest BCUT2D eigenvalue weighted by atomic mass is 10.1. The van der Waals surface area contributed by atoms with Gasteiger partial charge in [0.15, 0.2) is 0 Å². The minimum absolute atomic E-state index is 0.524. The molecule has 0 fully saturated rings. The van der Waals surface area contributed by atoms with Crippen LogP contribution < -0.4 is 0 Å². The fourth-order valence-corrected chi connectivity index (χ4v) is 2.49. The zero-order valence-electron chi connectivity index (χ0n) is 5.98. The number of hydrogen-bond donors (Lipinski definition) is 0. The van der Waals surface area contributed by atoms with Crippen LogP contribution in [0.15, 0.2) is 18.2 Å². The van der Waals surface area contributed by atoms with Crippen molar-refractivity contribution in [3.8, 4) is 0 Å². The Hall–Kier alpha value is -0.0100. The Labute approximate surface area is 79.7 Å². The topological polar surface area (TPSA) is 0 Å². The van der Waals surface area contributed by atoms with Crippen molar-refractivity contribution in [1.82, 2.24) is 0 Å². The lowest BCUT2D eigenvalue weighted by Gasteiger charge is -2.02. The fourth-order valence-electron chi connectivity index (χ4n) is 1.56. The van der Waals surface area contributed by atoms with Gasteiger partial charge in [-0.2, -0.15) is 0 Å². The van der Waals surface area contributed by atoms with E-state index in [1.165, 1.54) is 17.5 Å². The first-order chi connectivity index (χ1) is 5.29. The van der Waals surface area contributed by atoms with Crippen LogP contribution in [0.2, 0.25) is 5.02 Å². The first-order valence-electron chi connectivity index (χ1n) is 3.70. The van der Waals surface area contributed by atoms with E-state index in [0.29, 0.717) is 4.83 Å². The normalized spacial score (nSPS) is 21.8. The second kappa shape index (κ2) is 2.80. The molecule has 1 unspecified atom stereocenters. The first kappa shape index (κ1) is 7.63. The Balaban J connectivity index is 2.57. The van der Waals surface area contributed by atoms with Crippen molar-refractivity contribution >= 4 is 27.5 Å². The Bertz CT molecular complexity index is 283. The molecule has 1 aromatic rings. The molecule has 0 aromatic heterocycles. The summed E-state index contributed by atoms with van der Waals surface area (Å²) in [4.78, 5) is 0.524. The molecule has 2 heteroatoms. The molecule has 0 amide bonds. The van der Waals surface area contributed by atoms with Crippen molar-refractivity contribution in [2.24, 2.45) is 0 Å². The zero-order valence-corrected chi connectivity index (χ0v) is 8.32. The van der Waals surface area contributed by atoms with Crippen LogP contribution in [0.4, 0.5) is 0 Å². The second-order valence-corrected chi connectivity index (χ2v) is 4.33. The predicted molar refractivity (Wildman–Crippen MR) is 51.4 cm³/mol. The number of hydrogen-bond acceptors (Lipinski definition) is 0. The molecule has 0 radical (unpaired) electrons. The Kier molecular flexibility index (Phi) is 1.94. The van der Waals surface area contributed by atoms with E-state index in [1.807, 2.05) is 12.1 Å². The lowest BCUT2D eigenvalue weighted by Crippen LogP contribution is -1.82. The Morgan fingerprint density at radius 3 is 3.00 bits per heavy atom. The van der Waals surface area contributed by atoms with E-state index in [2.05, 4.69) is 22.0 Å². The van der Waals surface area contributed by atoms with Gasteiger partial charge in [-0.25, -0.2) is 0 Å². The van der Waals surface area contributed by atoms with Gasteiger partial charge in [-0.15, -0.1) is 0 Å². The third-order valence-electron chi connectivity index (χ3n) is 2.14. The van der Waals surface area contributed by atoms with Crippen LogP contribution in [0.1, 0.15) is 22.4 Å². The highest BCUT2D eigenvalue weighted by Gasteiger charge is 2.20. The summed E-state index contributed by atoms with van der Waals surface area (Å²) in [6, 6.07) is 6.12. The molecule has 0 saturated carbocycles. The van der Waals surface area contributed by atoms with Crippen molar-refractivity contribution in [3.63, 3.8) is 0 Å². The maximum Gasteiger partial charge on any atom is 0.0441 e. The van der Waals surface area contributed by atoms with E-state index in [9.17, 15) is 0 Å². The van der Waals surface area contributed by atoms with Gasteiger partial charge >= 0.3 is 0 Å². The van der Waals surface area contributed by atoms with Crippen molar-refractivity contribution < 1.29 is 0 Å². The van der Waals surface area contributed by atoms with Crippen LogP contribution in [0.5, 0.6) is 0 Å². The summed E-state index contributed by atoms with van der Waals surface area (Å²) in [6.45, 7) is 0. The zero-order chi connectivity index (χ0) is 7.84. The van der Waals surface area contributed by atoms with E-state index in [4.69, 9.17) is 11.6 Å². The van der Waals surface area contributed by atoms with Crippen LogP contribution in [-0.4, -0.2) is 0 Å². The molecule has 11 heavy (non-hydrogen) atoms. The van der Waals surface area contributed by atoms with Gasteiger partial charge in [0.1, 0.15) is 0 Å². The minimum atomic E-state index is 0.524. The first-order valence-corrected chi connectivity index (χ1v) is 5.00. The highest BCUT2D eigenvalue weighted by Crippen LogP contribution is 2.40.